The molecule has 1 aromatic heterocycles. The van der Waals surface area contributed by atoms with Crippen molar-refractivity contribution >= 4 is 16.7 Å². The largest absolute Gasteiger partial charge is 0.371 e. The van der Waals surface area contributed by atoms with Gasteiger partial charge in [0.2, 0.25) is 0 Å². The van der Waals surface area contributed by atoms with Crippen LogP contribution in [0, 0.1) is 13.8 Å². The Morgan fingerprint density at radius 2 is 1.59 bits per heavy atom. The number of hydrogen-bond donors (Lipinski definition) is 0. The fourth-order valence-electron chi connectivity index (χ4n) is 2.39. The highest BCUT2D eigenvalue weighted by molar-refractivity contribution is 5.79. The lowest BCUT2D eigenvalue weighted by atomic mass is 10.2. The molecule has 3 nitrogen and oxygen atoms in total. The summed E-state index contributed by atoms with van der Waals surface area (Å²) in [4.78, 5) is 11.6. The highest BCUT2D eigenvalue weighted by Gasteiger charge is 2.13. The van der Waals surface area contributed by atoms with Gasteiger partial charge in [-0.1, -0.05) is 0 Å². The van der Waals surface area contributed by atoms with Gasteiger partial charge in [0.05, 0.1) is 22.4 Å². The van der Waals surface area contributed by atoms with Crippen molar-refractivity contribution in [3.05, 3.63) is 29.6 Å². The SMILES string of the molecule is Cc1nc2ccc(N3CCCC3)cc2nc1C. The molecular weight excluding hydrogens is 210 g/mol. The van der Waals surface area contributed by atoms with Crippen LogP contribution in [0.3, 0.4) is 0 Å². The highest BCUT2D eigenvalue weighted by Crippen LogP contribution is 2.23. The van der Waals surface area contributed by atoms with Crippen LogP contribution in [0.25, 0.3) is 11.0 Å². The molecule has 0 bridgehead atoms. The van der Waals surface area contributed by atoms with Gasteiger partial charge in [0, 0.05) is 18.8 Å². The average molecular weight is 227 g/mol. The van der Waals surface area contributed by atoms with E-state index in [1.807, 2.05) is 13.8 Å². The van der Waals surface area contributed by atoms with Gasteiger partial charge in [-0.05, 0) is 44.9 Å². The summed E-state index contributed by atoms with van der Waals surface area (Å²) in [6, 6.07) is 6.42. The zero-order chi connectivity index (χ0) is 11.8. The normalized spacial score (nSPS) is 15.8. The molecule has 0 unspecified atom stereocenters. The minimum Gasteiger partial charge on any atom is -0.371 e. The van der Waals surface area contributed by atoms with Gasteiger partial charge in [0.1, 0.15) is 0 Å². The average Bonchev–Trinajstić information content (AvgIpc) is 2.83. The molecular formula is C14H17N3. The van der Waals surface area contributed by atoms with Crippen LogP contribution in [0.1, 0.15) is 24.2 Å². The molecule has 1 aliphatic heterocycles. The van der Waals surface area contributed by atoms with Crippen LogP contribution in [0.2, 0.25) is 0 Å². The summed E-state index contributed by atoms with van der Waals surface area (Å²) in [5.74, 6) is 0. The van der Waals surface area contributed by atoms with Gasteiger partial charge in [0.25, 0.3) is 0 Å². The predicted octanol–water partition coefficient (Wildman–Crippen LogP) is 2.85. The van der Waals surface area contributed by atoms with Gasteiger partial charge in [-0.3, -0.25) is 0 Å². The molecule has 17 heavy (non-hydrogen) atoms. The molecule has 3 heteroatoms. The second-order valence-corrected chi connectivity index (χ2v) is 4.76. The maximum Gasteiger partial charge on any atom is 0.0910 e. The monoisotopic (exact) mass is 227 g/mol. The van der Waals surface area contributed by atoms with E-state index in [0.29, 0.717) is 0 Å². The number of nitrogens with zero attached hydrogens (tertiary/aromatic N) is 3. The zero-order valence-electron chi connectivity index (χ0n) is 10.4. The first-order valence-corrected chi connectivity index (χ1v) is 6.24. The number of rotatable bonds is 1. The highest BCUT2D eigenvalue weighted by atomic mass is 15.1. The van der Waals surface area contributed by atoms with E-state index in [2.05, 4.69) is 33.1 Å². The Labute approximate surface area is 101 Å². The molecule has 0 aliphatic carbocycles. The topological polar surface area (TPSA) is 29.0 Å². The van der Waals surface area contributed by atoms with Crippen molar-refractivity contribution in [3.8, 4) is 0 Å². The van der Waals surface area contributed by atoms with Gasteiger partial charge in [-0.25, -0.2) is 9.97 Å². The molecule has 0 radical (unpaired) electrons. The molecule has 0 spiro atoms. The zero-order valence-corrected chi connectivity index (χ0v) is 10.4. The summed E-state index contributed by atoms with van der Waals surface area (Å²) in [6.45, 7) is 6.37. The fourth-order valence-corrected chi connectivity index (χ4v) is 2.39. The molecule has 88 valence electrons. The van der Waals surface area contributed by atoms with Crippen molar-refractivity contribution in [2.45, 2.75) is 26.7 Å². The summed E-state index contributed by atoms with van der Waals surface area (Å²) in [5, 5.41) is 0. The van der Waals surface area contributed by atoms with Crippen LogP contribution in [0.4, 0.5) is 5.69 Å². The Hall–Kier alpha value is -1.64. The molecule has 0 amide bonds. The standard InChI is InChI=1S/C14H17N3/c1-10-11(2)16-14-9-12(5-6-13(14)15-10)17-7-3-4-8-17/h5-6,9H,3-4,7-8H2,1-2H3. The molecule has 1 aromatic carbocycles. The van der Waals surface area contributed by atoms with E-state index in [-0.39, 0.29) is 0 Å². The van der Waals surface area contributed by atoms with Crippen molar-refractivity contribution in [1.29, 1.82) is 0 Å². The number of aryl methyl sites for hydroxylation is 2. The predicted molar refractivity (Wildman–Crippen MR) is 70.5 cm³/mol. The van der Waals surface area contributed by atoms with Crippen molar-refractivity contribution in [2.75, 3.05) is 18.0 Å². The van der Waals surface area contributed by atoms with Crippen LogP contribution >= 0.6 is 0 Å². The lowest BCUT2D eigenvalue weighted by Gasteiger charge is -2.17. The molecule has 1 aliphatic rings. The second kappa shape index (κ2) is 3.99. The van der Waals surface area contributed by atoms with E-state index in [0.717, 1.165) is 22.4 Å². The van der Waals surface area contributed by atoms with Crippen molar-refractivity contribution < 1.29 is 0 Å². The lowest BCUT2D eigenvalue weighted by Crippen LogP contribution is -2.17. The third-order valence-corrected chi connectivity index (χ3v) is 3.53. The summed E-state index contributed by atoms with van der Waals surface area (Å²) in [7, 11) is 0. The van der Waals surface area contributed by atoms with Gasteiger partial charge in [-0.15, -0.1) is 0 Å². The molecule has 3 rings (SSSR count). The lowest BCUT2D eigenvalue weighted by molar-refractivity contribution is 0.949. The minimum atomic E-state index is 0.996. The Kier molecular flexibility index (Phi) is 2.46. The molecule has 0 N–H and O–H groups in total. The van der Waals surface area contributed by atoms with Crippen LogP contribution in [-0.2, 0) is 0 Å². The van der Waals surface area contributed by atoms with Crippen LogP contribution in [0.5, 0.6) is 0 Å². The number of aromatic nitrogens is 2. The quantitative estimate of drug-likeness (QED) is 0.750. The van der Waals surface area contributed by atoms with E-state index < -0.39 is 0 Å². The first-order chi connectivity index (χ1) is 8.24. The number of anilines is 1. The summed E-state index contributed by atoms with van der Waals surface area (Å²) in [5.41, 5.74) is 5.34. The maximum absolute atomic E-state index is 4.62. The van der Waals surface area contributed by atoms with E-state index in [1.54, 1.807) is 0 Å². The number of benzene rings is 1. The number of hydrogen-bond acceptors (Lipinski definition) is 3. The Morgan fingerprint density at radius 3 is 2.29 bits per heavy atom. The van der Waals surface area contributed by atoms with Gasteiger partial charge < -0.3 is 4.90 Å². The molecule has 1 saturated heterocycles. The Balaban J connectivity index is 2.08. The Bertz CT molecular complexity index is 557. The van der Waals surface area contributed by atoms with Gasteiger partial charge in [-0.2, -0.15) is 0 Å². The molecule has 2 heterocycles. The first-order valence-electron chi connectivity index (χ1n) is 6.24. The summed E-state index contributed by atoms with van der Waals surface area (Å²) < 4.78 is 0. The fraction of sp³-hybridized carbons (Fsp3) is 0.429. The van der Waals surface area contributed by atoms with Gasteiger partial charge >= 0.3 is 0 Å². The molecule has 1 fully saturated rings. The van der Waals surface area contributed by atoms with Crippen LogP contribution in [0.15, 0.2) is 18.2 Å². The molecule has 0 atom stereocenters. The smallest absolute Gasteiger partial charge is 0.0910 e. The van der Waals surface area contributed by atoms with E-state index >= 15 is 0 Å². The van der Waals surface area contributed by atoms with Gasteiger partial charge in [0.15, 0.2) is 0 Å². The van der Waals surface area contributed by atoms with Crippen molar-refractivity contribution in [3.63, 3.8) is 0 Å². The maximum atomic E-state index is 4.62. The van der Waals surface area contributed by atoms with E-state index in [9.17, 15) is 0 Å². The van der Waals surface area contributed by atoms with Crippen molar-refractivity contribution in [2.24, 2.45) is 0 Å². The van der Waals surface area contributed by atoms with Crippen LogP contribution in [-0.4, -0.2) is 23.1 Å². The van der Waals surface area contributed by atoms with E-state index in [4.69, 9.17) is 0 Å². The third kappa shape index (κ3) is 1.86. The third-order valence-electron chi connectivity index (χ3n) is 3.53. The number of fused-ring (bicyclic) bond motifs is 1. The first kappa shape index (κ1) is 10.5. The van der Waals surface area contributed by atoms with E-state index in [1.165, 1.54) is 31.6 Å². The Morgan fingerprint density at radius 1 is 0.941 bits per heavy atom. The minimum absolute atomic E-state index is 0.996. The second-order valence-electron chi connectivity index (χ2n) is 4.76. The van der Waals surface area contributed by atoms with Crippen LogP contribution < -0.4 is 4.90 Å². The summed E-state index contributed by atoms with van der Waals surface area (Å²) in [6.07, 6.45) is 2.60. The molecule has 2 aromatic rings. The van der Waals surface area contributed by atoms with Crippen molar-refractivity contribution in [1.82, 2.24) is 9.97 Å². The summed E-state index contributed by atoms with van der Waals surface area (Å²) >= 11 is 0. The molecule has 0 saturated carbocycles.